The second-order valence-electron chi connectivity index (χ2n) is 4.50. The number of aliphatic hydroxyl groups excluding tert-OH is 3. The molecule has 1 aliphatic rings. The average molecular weight is 267 g/mol. The van der Waals surface area contributed by atoms with Gasteiger partial charge < -0.3 is 20.1 Å². The highest BCUT2D eigenvalue weighted by Gasteiger charge is 2.42. The van der Waals surface area contributed by atoms with Crippen LogP contribution in [0, 0.1) is 0 Å². The van der Waals surface area contributed by atoms with E-state index in [0.717, 1.165) is 10.5 Å². The third kappa shape index (κ3) is 3.04. The number of β-amino-alcohol motifs (C(OH)–C–C–N with tert-alkyl or cyclic N) is 1. The van der Waals surface area contributed by atoms with Crippen LogP contribution in [-0.4, -0.2) is 57.7 Å². The second-order valence-corrected chi connectivity index (χ2v) is 4.50. The summed E-state index contributed by atoms with van der Waals surface area (Å²) in [6.07, 6.45) is -2.85. The lowest BCUT2D eigenvalue weighted by molar-refractivity contribution is 0.0194. The smallest absolute Gasteiger partial charge is 0.410 e. The molecule has 1 aromatic carbocycles. The molecule has 0 spiro atoms. The highest BCUT2D eigenvalue weighted by molar-refractivity contribution is 5.68. The molecular formula is C13H17NO5. The van der Waals surface area contributed by atoms with E-state index in [0.29, 0.717) is 0 Å². The lowest BCUT2D eigenvalue weighted by Crippen LogP contribution is -2.42. The number of aliphatic hydroxyl groups is 3. The quantitative estimate of drug-likeness (QED) is 0.701. The van der Waals surface area contributed by atoms with Crippen molar-refractivity contribution in [3.8, 4) is 0 Å². The summed E-state index contributed by atoms with van der Waals surface area (Å²) < 4.78 is 5.09. The number of hydrogen-bond acceptors (Lipinski definition) is 5. The Hall–Kier alpha value is -1.63. The van der Waals surface area contributed by atoms with E-state index < -0.39 is 30.9 Å². The van der Waals surface area contributed by atoms with E-state index >= 15 is 0 Å². The van der Waals surface area contributed by atoms with Crippen LogP contribution in [0.4, 0.5) is 4.79 Å². The SMILES string of the molecule is O=C(OCc1ccccc1)N1C[C@H](O)[C@@H](O)[C@@H]1CO. The Bertz CT molecular complexity index is 424. The molecule has 1 saturated heterocycles. The molecule has 1 fully saturated rings. The molecule has 2 rings (SSSR count). The fraction of sp³-hybridized carbons (Fsp3) is 0.462. The van der Waals surface area contributed by atoms with Crippen molar-refractivity contribution in [1.29, 1.82) is 0 Å². The van der Waals surface area contributed by atoms with Gasteiger partial charge in [-0.2, -0.15) is 0 Å². The summed E-state index contributed by atoms with van der Waals surface area (Å²) in [6, 6.07) is 8.36. The van der Waals surface area contributed by atoms with Crippen LogP contribution in [0.2, 0.25) is 0 Å². The van der Waals surface area contributed by atoms with E-state index in [2.05, 4.69) is 0 Å². The molecule has 3 atom stereocenters. The molecular weight excluding hydrogens is 250 g/mol. The maximum atomic E-state index is 11.8. The van der Waals surface area contributed by atoms with Crippen LogP contribution in [0.15, 0.2) is 30.3 Å². The number of carbonyl (C=O) groups excluding carboxylic acids is 1. The summed E-state index contributed by atoms with van der Waals surface area (Å²) in [5.74, 6) is 0. The summed E-state index contributed by atoms with van der Waals surface area (Å²) in [5, 5.41) is 28.2. The molecule has 1 aromatic rings. The Morgan fingerprint density at radius 2 is 2.00 bits per heavy atom. The highest BCUT2D eigenvalue weighted by atomic mass is 16.6. The van der Waals surface area contributed by atoms with E-state index in [1.807, 2.05) is 30.3 Å². The van der Waals surface area contributed by atoms with Gasteiger partial charge in [0.15, 0.2) is 0 Å². The largest absolute Gasteiger partial charge is 0.445 e. The Morgan fingerprint density at radius 1 is 1.32 bits per heavy atom. The average Bonchev–Trinajstić information content (AvgIpc) is 2.73. The van der Waals surface area contributed by atoms with Gasteiger partial charge in [0.2, 0.25) is 0 Å². The van der Waals surface area contributed by atoms with Gasteiger partial charge in [0, 0.05) is 0 Å². The number of ether oxygens (including phenoxy) is 1. The monoisotopic (exact) mass is 267 g/mol. The van der Waals surface area contributed by atoms with Gasteiger partial charge in [-0.1, -0.05) is 30.3 Å². The van der Waals surface area contributed by atoms with E-state index in [1.54, 1.807) is 0 Å². The van der Waals surface area contributed by atoms with Gasteiger partial charge in [-0.3, -0.25) is 4.90 Å². The Balaban J connectivity index is 1.93. The summed E-state index contributed by atoms with van der Waals surface area (Å²) in [4.78, 5) is 13.0. The van der Waals surface area contributed by atoms with Crippen LogP contribution < -0.4 is 0 Å². The number of nitrogens with zero attached hydrogens (tertiary/aromatic N) is 1. The topological polar surface area (TPSA) is 90.2 Å². The number of benzene rings is 1. The van der Waals surface area contributed by atoms with Crippen LogP contribution in [-0.2, 0) is 11.3 Å². The molecule has 0 aliphatic carbocycles. The summed E-state index contributed by atoms with van der Waals surface area (Å²) in [7, 11) is 0. The normalized spacial score (nSPS) is 26.5. The van der Waals surface area contributed by atoms with Crippen molar-refractivity contribution < 1.29 is 24.9 Å². The molecule has 0 unspecified atom stereocenters. The van der Waals surface area contributed by atoms with Crippen molar-refractivity contribution in [2.75, 3.05) is 13.2 Å². The highest BCUT2D eigenvalue weighted by Crippen LogP contribution is 2.19. The summed E-state index contributed by atoms with van der Waals surface area (Å²) in [5.41, 5.74) is 0.844. The van der Waals surface area contributed by atoms with Crippen molar-refractivity contribution in [3.63, 3.8) is 0 Å². The zero-order chi connectivity index (χ0) is 13.8. The fourth-order valence-corrected chi connectivity index (χ4v) is 2.10. The van der Waals surface area contributed by atoms with Gasteiger partial charge in [0.05, 0.1) is 25.3 Å². The number of likely N-dealkylation sites (tertiary alicyclic amines) is 1. The molecule has 0 radical (unpaired) electrons. The summed E-state index contributed by atoms with van der Waals surface area (Å²) >= 11 is 0. The molecule has 6 heteroatoms. The van der Waals surface area contributed by atoms with Crippen molar-refractivity contribution in [2.24, 2.45) is 0 Å². The van der Waals surface area contributed by atoms with Crippen molar-refractivity contribution in [3.05, 3.63) is 35.9 Å². The molecule has 104 valence electrons. The summed E-state index contributed by atoms with van der Waals surface area (Å²) in [6.45, 7) is -0.348. The molecule has 1 aliphatic heterocycles. The number of hydrogen-bond donors (Lipinski definition) is 3. The minimum atomic E-state index is -1.14. The molecule has 0 bridgehead atoms. The molecule has 0 saturated carbocycles. The van der Waals surface area contributed by atoms with Crippen molar-refractivity contribution >= 4 is 6.09 Å². The fourth-order valence-electron chi connectivity index (χ4n) is 2.10. The first-order valence-electron chi connectivity index (χ1n) is 6.07. The molecule has 19 heavy (non-hydrogen) atoms. The minimum Gasteiger partial charge on any atom is -0.445 e. The standard InChI is InChI=1S/C13H17NO5/c15-7-10-12(17)11(16)6-14(10)13(18)19-8-9-4-2-1-3-5-9/h1-5,10-12,15-17H,6-8H2/t10-,11-,12-/m0/s1. The first-order valence-corrected chi connectivity index (χ1v) is 6.07. The predicted octanol–water partition coefficient (Wildman–Crippen LogP) is -0.279. The Labute approximate surface area is 110 Å². The zero-order valence-corrected chi connectivity index (χ0v) is 10.3. The van der Waals surface area contributed by atoms with Crippen molar-refractivity contribution in [1.82, 2.24) is 4.90 Å². The van der Waals surface area contributed by atoms with Gasteiger partial charge in [0.1, 0.15) is 12.7 Å². The number of rotatable bonds is 3. The van der Waals surface area contributed by atoms with E-state index in [9.17, 15) is 15.0 Å². The lowest BCUT2D eigenvalue weighted by atomic mass is 10.1. The van der Waals surface area contributed by atoms with Gasteiger partial charge >= 0.3 is 6.09 Å². The van der Waals surface area contributed by atoms with Crippen molar-refractivity contribution in [2.45, 2.75) is 24.9 Å². The van der Waals surface area contributed by atoms with E-state index in [4.69, 9.17) is 9.84 Å². The number of amides is 1. The first kappa shape index (κ1) is 13.8. The third-order valence-electron chi connectivity index (χ3n) is 3.20. The maximum Gasteiger partial charge on any atom is 0.410 e. The van der Waals surface area contributed by atoms with Gasteiger partial charge in [-0.25, -0.2) is 4.79 Å². The maximum absolute atomic E-state index is 11.8. The third-order valence-corrected chi connectivity index (χ3v) is 3.20. The molecule has 1 heterocycles. The number of carbonyl (C=O) groups is 1. The molecule has 0 aromatic heterocycles. The van der Waals surface area contributed by atoms with Crippen LogP contribution in [0.3, 0.4) is 0 Å². The minimum absolute atomic E-state index is 0.0417. The van der Waals surface area contributed by atoms with Gasteiger partial charge in [-0.05, 0) is 5.56 Å². The lowest BCUT2D eigenvalue weighted by Gasteiger charge is -2.23. The Morgan fingerprint density at radius 3 is 2.63 bits per heavy atom. The molecule has 1 amide bonds. The van der Waals surface area contributed by atoms with E-state index in [-0.39, 0.29) is 13.2 Å². The van der Waals surface area contributed by atoms with Crippen LogP contribution in [0.5, 0.6) is 0 Å². The predicted molar refractivity (Wildman–Crippen MR) is 66.2 cm³/mol. The van der Waals surface area contributed by atoms with Gasteiger partial charge in [0.25, 0.3) is 0 Å². The zero-order valence-electron chi connectivity index (χ0n) is 10.3. The van der Waals surface area contributed by atoms with Crippen LogP contribution in [0.1, 0.15) is 5.56 Å². The molecule has 6 nitrogen and oxygen atoms in total. The second kappa shape index (κ2) is 6.01. The van der Waals surface area contributed by atoms with Crippen LogP contribution >= 0.6 is 0 Å². The first-order chi connectivity index (χ1) is 9.13. The van der Waals surface area contributed by atoms with Gasteiger partial charge in [-0.15, -0.1) is 0 Å². The Kier molecular flexibility index (Phi) is 4.36. The molecule has 3 N–H and O–H groups in total. The van der Waals surface area contributed by atoms with E-state index in [1.165, 1.54) is 0 Å². The van der Waals surface area contributed by atoms with Crippen LogP contribution in [0.25, 0.3) is 0 Å².